The predicted octanol–water partition coefficient (Wildman–Crippen LogP) is 4.51. The number of rotatable bonds is 2. The topological polar surface area (TPSA) is 9.23 Å². The van der Waals surface area contributed by atoms with Crippen molar-refractivity contribution in [1.29, 1.82) is 0 Å². The molecule has 2 aliphatic heterocycles. The van der Waals surface area contributed by atoms with E-state index in [0.29, 0.717) is 5.41 Å². The van der Waals surface area contributed by atoms with Crippen molar-refractivity contribution in [2.75, 3.05) is 13.2 Å². The van der Waals surface area contributed by atoms with Crippen molar-refractivity contribution >= 4 is 0 Å². The standard InChI is InChI=1S/C16H30O/c1-12(2)16(13(3)4)8-14-6-5-7-15(9-16)11-17-10-14/h12-15H,5-11H2,1-4H3. The van der Waals surface area contributed by atoms with Crippen LogP contribution < -0.4 is 0 Å². The fourth-order valence-corrected chi connectivity index (χ4v) is 4.35. The van der Waals surface area contributed by atoms with Gasteiger partial charge in [0.2, 0.25) is 0 Å². The van der Waals surface area contributed by atoms with Gasteiger partial charge in [0.25, 0.3) is 0 Å². The Balaban J connectivity index is 2.25. The van der Waals surface area contributed by atoms with Crippen molar-refractivity contribution in [3.05, 3.63) is 0 Å². The van der Waals surface area contributed by atoms with Crippen LogP contribution in [0.3, 0.4) is 0 Å². The number of ether oxygens (including phenoxy) is 1. The second kappa shape index (κ2) is 5.30. The van der Waals surface area contributed by atoms with Crippen LogP contribution in [0.25, 0.3) is 0 Å². The normalized spacial score (nSPS) is 33.5. The minimum Gasteiger partial charge on any atom is -0.381 e. The van der Waals surface area contributed by atoms with Crippen molar-refractivity contribution < 1.29 is 4.74 Å². The minimum absolute atomic E-state index is 0.569. The Morgan fingerprint density at radius 3 is 1.76 bits per heavy atom. The Morgan fingerprint density at radius 2 is 1.35 bits per heavy atom. The van der Waals surface area contributed by atoms with Crippen molar-refractivity contribution in [3.63, 3.8) is 0 Å². The van der Waals surface area contributed by atoms with Crippen LogP contribution in [0.2, 0.25) is 0 Å². The van der Waals surface area contributed by atoms with Gasteiger partial charge in [-0.15, -0.1) is 0 Å². The second-order valence-corrected chi connectivity index (χ2v) is 7.15. The molecular formula is C16H30O. The van der Waals surface area contributed by atoms with Crippen LogP contribution in [0.5, 0.6) is 0 Å². The van der Waals surface area contributed by atoms with Gasteiger partial charge in [-0.05, 0) is 54.8 Å². The summed E-state index contributed by atoms with van der Waals surface area (Å²) in [7, 11) is 0. The third-order valence-electron chi connectivity index (χ3n) is 5.57. The molecule has 2 atom stereocenters. The first-order valence-electron chi connectivity index (χ1n) is 7.62. The zero-order valence-electron chi connectivity index (χ0n) is 12.2. The Bertz CT molecular complexity index is 210. The first-order valence-corrected chi connectivity index (χ1v) is 7.62. The Morgan fingerprint density at radius 1 is 0.882 bits per heavy atom. The Hall–Kier alpha value is -0.0400. The maximum Gasteiger partial charge on any atom is 0.0494 e. The Kier molecular flexibility index (Phi) is 4.18. The van der Waals surface area contributed by atoms with E-state index in [4.69, 9.17) is 4.74 Å². The highest BCUT2D eigenvalue weighted by molar-refractivity contribution is 4.92. The first-order chi connectivity index (χ1) is 8.04. The highest BCUT2D eigenvalue weighted by atomic mass is 16.5. The second-order valence-electron chi connectivity index (χ2n) is 7.15. The van der Waals surface area contributed by atoms with Gasteiger partial charge in [0.15, 0.2) is 0 Å². The largest absolute Gasteiger partial charge is 0.381 e. The van der Waals surface area contributed by atoms with E-state index >= 15 is 0 Å². The number of fused-ring (bicyclic) bond motifs is 6. The van der Waals surface area contributed by atoms with Crippen LogP contribution >= 0.6 is 0 Å². The molecule has 100 valence electrons. The average molecular weight is 238 g/mol. The summed E-state index contributed by atoms with van der Waals surface area (Å²) in [5.41, 5.74) is 0.569. The molecule has 0 aromatic heterocycles. The lowest BCUT2D eigenvalue weighted by Gasteiger charge is -2.49. The summed E-state index contributed by atoms with van der Waals surface area (Å²) >= 11 is 0. The zero-order chi connectivity index (χ0) is 12.5. The van der Waals surface area contributed by atoms with Crippen LogP contribution in [0.4, 0.5) is 0 Å². The summed E-state index contributed by atoms with van der Waals surface area (Å²) in [4.78, 5) is 0. The molecule has 0 amide bonds. The first kappa shape index (κ1) is 13.4. The summed E-state index contributed by atoms with van der Waals surface area (Å²) in [6.45, 7) is 11.8. The summed E-state index contributed by atoms with van der Waals surface area (Å²) in [5, 5.41) is 0. The van der Waals surface area contributed by atoms with Crippen LogP contribution in [-0.4, -0.2) is 13.2 Å². The van der Waals surface area contributed by atoms with E-state index in [1.165, 1.54) is 32.1 Å². The van der Waals surface area contributed by atoms with E-state index < -0.39 is 0 Å². The molecule has 1 heteroatoms. The molecule has 0 N–H and O–H groups in total. The monoisotopic (exact) mass is 238 g/mol. The van der Waals surface area contributed by atoms with Crippen molar-refractivity contribution in [2.24, 2.45) is 29.1 Å². The molecule has 1 saturated carbocycles. The zero-order valence-corrected chi connectivity index (χ0v) is 12.2. The summed E-state index contributed by atoms with van der Waals surface area (Å²) in [6, 6.07) is 0. The van der Waals surface area contributed by atoms with Crippen molar-refractivity contribution in [3.8, 4) is 0 Å². The molecule has 0 aromatic carbocycles. The molecule has 0 spiro atoms. The van der Waals surface area contributed by atoms with E-state index in [0.717, 1.165) is 36.9 Å². The fraction of sp³-hybridized carbons (Fsp3) is 1.00. The van der Waals surface area contributed by atoms with Gasteiger partial charge in [0, 0.05) is 13.2 Å². The third-order valence-corrected chi connectivity index (χ3v) is 5.57. The van der Waals surface area contributed by atoms with Gasteiger partial charge in [-0.25, -0.2) is 0 Å². The van der Waals surface area contributed by atoms with Crippen LogP contribution in [-0.2, 0) is 4.74 Å². The molecule has 3 aliphatic rings. The van der Waals surface area contributed by atoms with Crippen LogP contribution in [0.15, 0.2) is 0 Å². The SMILES string of the molecule is CC(C)C1(C(C)C)CC2CCCC(COC2)C1. The molecule has 2 unspecified atom stereocenters. The molecule has 0 aromatic rings. The molecule has 2 saturated heterocycles. The molecule has 3 fully saturated rings. The van der Waals surface area contributed by atoms with Crippen molar-refractivity contribution in [2.45, 2.75) is 59.8 Å². The highest BCUT2D eigenvalue weighted by Crippen LogP contribution is 2.50. The molecule has 2 heterocycles. The maximum absolute atomic E-state index is 5.89. The number of hydrogen-bond donors (Lipinski definition) is 0. The van der Waals surface area contributed by atoms with Gasteiger partial charge < -0.3 is 4.74 Å². The average Bonchev–Trinajstić information content (AvgIpc) is 2.13. The molecule has 0 radical (unpaired) electrons. The van der Waals surface area contributed by atoms with E-state index in [1.807, 2.05) is 0 Å². The molecular weight excluding hydrogens is 208 g/mol. The summed E-state index contributed by atoms with van der Waals surface area (Å²) in [5.74, 6) is 3.26. The van der Waals surface area contributed by atoms with Crippen molar-refractivity contribution in [1.82, 2.24) is 0 Å². The third kappa shape index (κ3) is 2.70. The molecule has 2 bridgehead atoms. The highest BCUT2D eigenvalue weighted by Gasteiger charge is 2.42. The van der Waals surface area contributed by atoms with Crippen LogP contribution in [0, 0.1) is 29.1 Å². The van der Waals surface area contributed by atoms with E-state index in [9.17, 15) is 0 Å². The fourth-order valence-electron chi connectivity index (χ4n) is 4.35. The van der Waals surface area contributed by atoms with Gasteiger partial charge in [0.1, 0.15) is 0 Å². The lowest BCUT2D eigenvalue weighted by molar-refractivity contribution is -0.0519. The molecule has 1 aliphatic carbocycles. The van der Waals surface area contributed by atoms with Gasteiger partial charge in [0.05, 0.1) is 0 Å². The summed E-state index contributed by atoms with van der Waals surface area (Å²) < 4.78 is 5.89. The van der Waals surface area contributed by atoms with Gasteiger partial charge in [-0.2, -0.15) is 0 Å². The molecule has 3 rings (SSSR count). The quantitative estimate of drug-likeness (QED) is 0.687. The van der Waals surface area contributed by atoms with E-state index in [2.05, 4.69) is 27.7 Å². The predicted molar refractivity (Wildman–Crippen MR) is 73.0 cm³/mol. The maximum atomic E-state index is 5.89. The smallest absolute Gasteiger partial charge is 0.0494 e. The minimum atomic E-state index is 0.569. The molecule has 1 nitrogen and oxygen atoms in total. The molecule has 17 heavy (non-hydrogen) atoms. The lowest BCUT2D eigenvalue weighted by Crippen LogP contribution is -2.42. The van der Waals surface area contributed by atoms with Crippen LogP contribution in [0.1, 0.15) is 59.8 Å². The van der Waals surface area contributed by atoms with Gasteiger partial charge in [-0.3, -0.25) is 0 Å². The van der Waals surface area contributed by atoms with E-state index in [1.54, 1.807) is 0 Å². The Labute approximate surface area is 107 Å². The van der Waals surface area contributed by atoms with Gasteiger partial charge >= 0.3 is 0 Å². The summed E-state index contributed by atoms with van der Waals surface area (Å²) in [6.07, 6.45) is 7.04. The number of hydrogen-bond acceptors (Lipinski definition) is 1. The van der Waals surface area contributed by atoms with E-state index in [-0.39, 0.29) is 0 Å². The lowest BCUT2D eigenvalue weighted by atomic mass is 9.58. The van der Waals surface area contributed by atoms with Gasteiger partial charge in [-0.1, -0.05) is 34.1 Å².